The van der Waals surface area contributed by atoms with Crippen LogP contribution in [0.3, 0.4) is 0 Å². The van der Waals surface area contributed by atoms with Crippen LogP contribution in [-0.4, -0.2) is 43.2 Å². The minimum Gasteiger partial charge on any atom is -0.344 e. The second-order valence-electron chi connectivity index (χ2n) is 3.87. The number of carbonyl (C=O) groups is 1. The van der Waals surface area contributed by atoms with E-state index >= 15 is 0 Å². The fourth-order valence-electron chi connectivity index (χ4n) is 0.960. The van der Waals surface area contributed by atoms with Crippen LogP contribution in [0.5, 0.6) is 0 Å². The molecule has 0 heterocycles. The molecule has 1 atom stereocenters. The van der Waals surface area contributed by atoms with E-state index in [1.165, 1.54) is 7.05 Å². The van der Waals surface area contributed by atoms with Gasteiger partial charge in [-0.2, -0.15) is 13.2 Å². The molecule has 1 unspecified atom stereocenters. The van der Waals surface area contributed by atoms with Gasteiger partial charge in [-0.25, -0.2) is 0 Å². The minimum atomic E-state index is -4.21. The van der Waals surface area contributed by atoms with E-state index in [1.54, 1.807) is 0 Å². The van der Waals surface area contributed by atoms with Gasteiger partial charge < -0.3 is 10.2 Å². The number of rotatable bonds is 6. The normalized spacial score (nSPS) is 13.6. The van der Waals surface area contributed by atoms with Gasteiger partial charge in [0.05, 0.1) is 13.0 Å². The molecule has 6 heteroatoms. The molecule has 0 saturated heterocycles. The first-order chi connectivity index (χ1) is 7.26. The molecule has 0 aromatic heterocycles. The van der Waals surface area contributed by atoms with Crippen molar-refractivity contribution in [2.24, 2.45) is 0 Å². The van der Waals surface area contributed by atoms with Gasteiger partial charge in [0.15, 0.2) is 0 Å². The van der Waals surface area contributed by atoms with Gasteiger partial charge >= 0.3 is 6.18 Å². The van der Waals surface area contributed by atoms with Gasteiger partial charge in [0.25, 0.3) is 0 Å². The number of hydrogen-bond acceptors (Lipinski definition) is 2. The summed E-state index contributed by atoms with van der Waals surface area (Å²) in [7, 11) is 1.38. The van der Waals surface area contributed by atoms with E-state index in [4.69, 9.17) is 0 Å². The molecular weight excluding hydrogens is 221 g/mol. The van der Waals surface area contributed by atoms with Gasteiger partial charge in [-0.15, -0.1) is 0 Å². The molecule has 1 N–H and O–H groups in total. The highest BCUT2D eigenvalue weighted by atomic mass is 19.4. The van der Waals surface area contributed by atoms with Crippen LogP contribution >= 0.6 is 0 Å². The summed E-state index contributed by atoms with van der Waals surface area (Å²) in [6.07, 6.45) is -4.29. The maximum absolute atomic E-state index is 11.9. The van der Waals surface area contributed by atoms with Crippen molar-refractivity contribution in [1.82, 2.24) is 10.2 Å². The van der Waals surface area contributed by atoms with E-state index in [9.17, 15) is 18.0 Å². The van der Waals surface area contributed by atoms with Crippen molar-refractivity contribution in [1.29, 1.82) is 0 Å². The number of alkyl halides is 3. The lowest BCUT2D eigenvalue weighted by atomic mass is 10.2. The average molecular weight is 240 g/mol. The summed E-state index contributed by atoms with van der Waals surface area (Å²) < 4.78 is 35.7. The van der Waals surface area contributed by atoms with Crippen LogP contribution in [0.4, 0.5) is 13.2 Å². The molecule has 0 fully saturated rings. The van der Waals surface area contributed by atoms with Gasteiger partial charge in [-0.1, -0.05) is 6.92 Å². The Kier molecular flexibility index (Phi) is 6.40. The van der Waals surface area contributed by atoms with Crippen molar-refractivity contribution >= 4 is 5.91 Å². The van der Waals surface area contributed by atoms with Gasteiger partial charge in [0, 0.05) is 19.6 Å². The first-order valence-electron chi connectivity index (χ1n) is 5.30. The maximum Gasteiger partial charge on any atom is 0.390 e. The molecule has 1 amide bonds. The molecule has 0 saturated carbocycles. The van der Waals surface area contributed by atoms with Crippen molar-refractivity contribution in [2.75, 3.05) is 20.1 Å². The molecule has 16 heavy (non-hydrogen) atoms. The molecule has 0 aromatic rings. The second-order valence-corrected chi connectivity index (χ2v) is 3.87. The molecule has 0 aliphatic rings. The van der Waals surface area contributed by atoms with Gasteiger partial charge in [0.1, 0.15) is 0 Å². The highest BCUT2D eigenvalue weighted by Gasteiger charge is 2.27. The predicted octanol–water partition coefficient (Wildman–Crippen LogP) is 1.79. The monoisotopic (exact) mass is 240 g/mol. The van der Waals surface area contributed by atoms with Crippen LogP contribution < -0.4 is 5.32 Å². The Morgan fingerprint density at radius 1 is 1.44 bits per heavy atom. The third-order valence-electron chi connectivity index (χ3n) is 2.37. The molecule has 3 nitrogen and oxygen atoms in total. The van der Waals surface area contributed by atoms with Crippen molar-refractivity contribution in [2.45, 2.75) is 38.9 Å². The van der Waals surface area contributed by atoms with Crippen LogP contribution in [0, 0.1) is 0 Å². The number of hydrogen-bond donors (Lipinski definition) is 1. The van der Waals surface area contributed by atoms with Crippen LogP contribution in [0.2, 0.25) is 0 Å². The van der Waals surface area contributed by atoms with Crippen LogP contribution in [0.25, 0.3) is 0 Å². The summed E-state index contributed by atoms with van der Waals surface area (Å²) in [5, 5.41) is 2.94. The average Bonchev–Trinajstić information content (AvgIpc) is 2.20. The summed E-state index contributed by atoms with van der Waals surface area (Å²) >= 11 is 0. The summed E-state index contributed by atoms with van der Waals surface area (Å²) in [5.41, 5.74) is 0. The first-order valence-corrected chi connectivity index (χ1v) is 5.30. The van der Waals surface area contributed by atoms with E-state index in [1.807, 2.05) is 13.8 Å². The zero-order valence-corrected chi connectivity index (χ0v) is 9.90. The molecule has 0 bridgehead atoms. The number of halogens is 3. The number of likely N-dealkylation sites (N-methyl/N-ethyl adjacent to an activating group) is 1. The van der Waals surface area contributed by atoms with Crippen molar-refractivity contribution in [3.8, 4) is 0 Å². The van der Waals surface area contributed by atoms with Crippen molar-refractivity contribution < 1.29 is 18.0 Å². The first kappa shape index (κ1) is 15.2. The topological polar surface area (TPSA) is 32.3 Å². The lowest BCUT2D eigenvalue weighted by Crippen LogP contribution is -2.40. The molecule has 0 aliphatic heterocycles. The van der Waals surface area contributed by atoms with E-state index in [2.05, 4.69) is 5.32 Å². The van der Waals surface area contributed by atoms with Gasteiger partial charge in [0.2, 0.25) is 5.91 Å². The summed E-state index contributed by atoms with van der Waals surface area (Å²) in [4.78, 5) is 12.5. The fourth-order valence-corrected chi connectivity index (χ4v) is 0.960. The number of nitrogens with zero attached hydrogens (tertiary/aromatic N) is 1. The zero-order chi connectivity index (χ0) is 12.8. The van der Waals surface area contributed by atoms with Crippen LogP contribution in [-0.2, 0) is 4.79 Å². The van der Waals surface area contributed by atoms with E-state index < -0.39 is 12.6 Å². The van der Waals surface area contributed by atoms with E-state index in [0.717, 1.165) is 11.3 Å². The molecular formula is C10H19F3N2O. The molecule has 0 aliphatic carbocycles. The lowest BCUT2D eigenvalue weighted by Gasteiger charge is -2.19. The third-order valence-corrected chi connectivity index (χ3v) is 2.37. The molecule has 0 rings (SSSR count). The Labute approximate surface area is 94.0 Å². The standard InChI is InChI=1S/C10H19F3N2O/c1-4-8(2)14-7-9(16)15(3)6-5-10(11,12)13/h8,14H,4-7H2,1-3H3. The Balaban J connectivity index is 3.82. The highest BCUT2D eigenvalue weighted by molar-refractivity contribution is 5.77. The fraction of sp³-hybridized carbons (Fsp3) is 0.900. The zero-order valence-electron chi connectivity index (χ0n) is 9.90. The largest absolute Gasteiger partial charge is 0.390 e. The number of nitrogens with one attached hydrogen (secondary N) is 1. The van der Waals surface area contributed by atoms with Gasteiger partial charge in [-0.3, -0.25) is 4.79 Å². The predicted molar refractivity (Wildman–Crippen MR) is 56.1 cm³/mol. The Bertz CT molecular complexity index is 219. The minimum absolute atomic E-state index is 0.0867. The van der Waals surface area contributed by atoms with Crippen molar-refractivity contribution in [3.05, 3.63) is 0 Å². The van der Waals surface area contributed by atoms with Crippen molar-refractivity contribution in [3.63, 3.8) is 0 Å². The second kappa shape index (κ2) is 6.73. The van der Waals surface area contributed by atoms with E-state index in [-0.39, 0.29) is 25.0 Å². The Hall–Kier alpha value is -0.780. The summed E-state index contributed by atoms with van der Waals surface area (Å²) in [6.45, 7) is 3.69. The van der Waals surface area contributed by atoms with Crippen LogP contribution in [0.15, 0.2) is 0 Å². The highest BCUT2D eigenvalue weighted by Crippen LogP contribution is 2.19. The van der Waals surface area contributed by atoms with Crippen LogP contribution in [0.1, 0.15) is 26.7 Å². The summed E-state index contributed by atoms with van der Waals surface area (Å²) in [5.74, 6) is -0.315. The number of carbonyl (C=O) groups excluding carboxylic acids is 1. The Morgan fingerprint density at radius 3 is 2.44 bits per heavy atom. The molecule has 0 spiro atoms. The quantitative estimate of drug-likeness (QED) is 0.767. The number of amides is 1. The lowest BCUT2D eigenvalue weighted by molar-refractivity contribution is -0.143. The smallest absolute Gasteiger partial charge is 0.344 e. The third kappa shape index (κ3) is 7.50. The molecule has 0 radical (unpaired) electrons. The SMILES string of the molecule is CCC(C)NCC(=O)N(C)CCC(F)(F)F. The molecule has 0 aromatic carbocycles. The van der Waals surface area contributed by atoms with E-state index in [0.29, 0.717) is 0 Å². The summed E-state index contributed by atoms with van der Waals surface area (Å²) in [6, 6.07) is 0.194. The Morgan fingerprint density at radius 2 is 2.00 bits per heavy atom. The maximum atomic E-state index is 11.9. The van der Waals surface area contributed by atoms with Gasteiger partial charge in [-0.05, 0) is 13.3 Å². The molecule has 96 valence electrons.